The molecule has 0 N–H and O–H groups in total. The van der Waals surface area contributed by atoms with Crippen molar-refractivity contribution in [3.8, 4) is 0 Å². The van der Waals surface area contributed by atoms with Gasteiger partial charge in [-0.25, -0.2) is 4.98 Å². The van der Waals surface area contributed by atoms with Crippen molar-refractivity contribution in [3.63, 3.8) is 0 Å². The fourth-order valence-electron chi connectivity index (χ4n) is 2.55. The van der Waals surface area contributed by atoms with Gasteiger partial charge in [-0.3, -0.25) is 9.69 Å². The first-order chi connectivity index (χ1) is 10.2. The van der Waals surface area contributed by atoms with Crippen LogP contribution in [0.25, 0.3) is 0 Å². The molecule has 1 aromatic rings. The van der Waals surface area contributed by atoms with Crippen LogP contribution in [0.4, 0.5) is 0 Å². The van der Waals surface area contributed by atoms with Gasteiger partial charge in [0, 0.05) is 38.1 Å². The van der Waals surface area contributed by atoms with Crippen molar-refractivity contribution in [3.05, 3.63) is 16.1 Å². The molecule has 0 spiro atoms. The summed E-state index contributed by atoms with van der Waals surface area (Å²) >= 11 is 3.53. The van der Waals surface area contributed by atoms with Gasteiger partial charge < -0.3 is 4.90 Å². The van der Waals surface area contributed by atoms with E-state index in [4.69, 9.17) is 0 Å². The summed E-state index contributed by atoms with van der Waals surface area (Å²) in [5.74, 6) is 3.07. The molecule has 21 heavy (non-hydrogen) atoms. The first kappa shape index (κ1) is 15.3. The summed E-state index contributed by atoms with van der Waals surface area (Å²) in [6.45, 7) is 6.63. The predicted molar refractivity (Wildman–Crippen MR) is 88.8 cm³/mol. The molecule has 6 heteroatoms. The summed E-state index contributed by atoms with van der Waals surface area (Å²) < 4.78 is 0. The van der Waals surface area contributed by atoms with E-state index >= 15 is 0 Å². The molecule has 1 amide bonds. The van der Waals surface area contributed by atoms with Crippen molar-refractivity contribution < 1.29 is 4.79 Å². The predicted octanol–water partition coefficient (Wildman–Crippen LogP) is 2.24. The number of amides is 1. The number of hydrogen-bond donors (Lipinski definition) is 0. The van der Waals surface area contributed by atoms with Crippen molar-refractivity contribution in [2.45, 2.75) is 26.3 Å². The minimum atomic E-state index is 0.324. The molecule has 0 aromatic carbocycles. The number of piperazine rings is 1. The van der Waals surface area contributed by atoms with Crippen molar-refractivity contribution >= 4 is 29.0 Å². The molecular formula is C15H23N3OS2. The van der Waals surface area contributed by atoms with Crippen LogP contribution >= 0.6 is 23.1 Å². The number of hydrogen-bond acceptors (Lipinski definition) is 5. The number of rotatable bonds is 6. The third-order valence-electron chi connectivity index (χ3n) is 4.05. The number of nitrogens with zero attached hydrogens (tertiary/aromatic N) is 3. The maximum absolute atomic E-state index is 12.1. The maximum Gasteiger partial charge on any atom is 0.232 e. The van der Waals surface area contributed by atoms with Gasteiger partial charge in [-0.05, 0) is 31.4 Å². The van der Waals surface area contributed by atoms with Gasteiger partial charge in [-0.1, -0.05) is 0 Å². The Morgan fingerprint density at radius 2 is 2.14 bits per heavy atom. The van der Waals surface area contributed by atoms with Crippen LogP contribution in [0.2, 0.25) is 0 Å². The van der Waals surface area contributed by atoms with Crippen LogP contribution in [0.1, 0.15) is 23.5 Å². The number of carbonyl (C=O) groups excluding carboxylic acids is 1. The molecule has 1 saturated heterocycles. The van der Waals surface area contributed by atoms with E-state index < -0.39 is 0 Å². The normalized spacial score (nSPS) is 20.0. The van der Waals surface area contributed by atoms with Crippen molar-refractivity contribution in [1.29, 1.82) is 0 Å². The SMILES string of the molecule is Cc1nc(CN2CCN(C(=O)CSCC3CC3)CC2)cs1. The van der Waals surface area contributed by atoms with Gasteiger partial charge in [0.05, 0.1) is 16.5 Å². The van der Waals surface area contributed by atoms with Crippen molar-refractivity contribution in [2.24, 2.45) is 5.92 Å². The topological polar surface area (TPSA) is 36.4 Å². The molecule has 3 rings (SSSR count). The Balaban J connectivity index is 1.36. The van der Waals surface area contributed by atoms with Crippen LogP contribution in [0.5, 0.6) is 0 Å². The van der Waals surface area contributed by atoms with Crippen LogP contribution in [0.15, 0.2) is 5.38 Å². The molecule has 2 fully saturated rings. The average molecular weight is 326 g/mol. The Labute approximate surface area is 134 Å². The molecule has 1 aromatic heterocycles. The van der Waals surface area contributed by atoms with Crippen LogP contribution in [0, 0.1) is 12.8 Å². The summed E-state index contributed by atoms with van der Waals surface area (Å²) in [7, 11) is 0. The fraction of sp³-hybridized carbons (Fsp3) is 0.733. The first-order valence-corrected chi connectivity index (χ1v) is 9.73. The molecule has 2 heterocycles. The molecule has 0 atom stereocenters. The second-order valence-electron chi connectivity index (χ2n) is 5.97. The lowest BCUT2D eigenvalue weighted by molar-refractivity contribution is -0.130. The van der Waals surface area contributed by atoms with Gasteiger partial charge in [-0.2, -0.15) is 11.8 Å². The largest absolute Gasteiger partial charge is 0.339 e. The summed E-state index contributed by atoms with van der Waals surface area (Å²) in [6.07, 6.45) is 2.74. The van der Waals surface area contributed by atoms with E-state index in [0.29, 0.717) is 11.7 Å². The van der Waals surface area contributed by atoms with Gasteiger partial charge >= 0.3 is 0 Å². The monoisotopic (exact) mass is 325 g/mol. The molecule has 0 radical (unpaired) electrons. The van der Waals surface area contributed by atoms with E-state index in [9.17, 15) is 4.79 Å². The quantitative estimate of drug-likeness (QED) is 0.804. The van der Waals surface area contributed by atoms with Crippen LogP contribution in [-0.4, -0.2) is 58.4 Å². The highest BCUT2D eigenvalue weighted by Gasteiger charge is 2.24. The zero-order chi connectivity index (χ0) is 14.7. The van der Waals surface area contributed by atoms with Crippen molar-refractivity contribution in [1.82, 2.24) is 14.8 Å². The van der Waals surface area contributed by atoms with Gasteiger partial charge in [0.15, 0.2) is 0 Å². The summed E-state index contributed by atoms with van der Waals surface area (Å²) in [4.78, 5) is 21.1. The average Bonchev–Trinajstić information content (AvgIpc) is 3.21. The summed E-state index contributed by atoms with van der Waals surface area (Å²) in [5, 5.41) is 3.27. The van der Waals surface area contributed by atoms with Gasteiger partial charge in [-0.15, -0.1) is 11.3 Å². The summed E-state index contributed by atoms with van der Waals surface area (Å²) in [5.41, 5.74) is 1.16. The Hall–Kier alpha value is -0.590. The Bertz CT molecular complexity index is 479. The van der Waals surface area contributed by atoms with E-state index in [-0.39, 0.29) is 0 Å². The smallest absolute Gasteiger partial charge is 0.232 e. The van der Waals surface area contributed by atoms with E-state index in [0.717, 1.165) is 49.3 Å². The molecule has 1 aliphatic carbocycles. The fourth-order valence-corrected chi connectivity index (χ4v) is 4.30. The van der Waals surface area contributed by atoms with Gasteiger partial charge in [0.2, 0.25) is 5.91 Å². The third-order valence-corrected chi connectivity index (χ3v) is 6.03. The molecular weight excluding hydrogens is 302 g/mol. The molecule has 4 nitrogen and oxygen atoms in total. The van der Waals surface area contributed by atoms with E-state index in [2.05, 4.69) is 15.3 Å². The number of thioether (sulfide) groups is 1. The number of carbonyl (C=O) groups is 1. The molecule has 2 aliphatic rings. The van der Waals surface area contributed by atoms with E-state index in [1.807, 2.05) is 23.6 Å². The minimum Gasteiger partial charge on any atom is -0.339 e. The molecule has 116 valence electrons. The van der Waals surface area contributed by atoms with Gasteiger partial charge in [0.25, 0.3) is 0 Å². The zero-order valence-corrected chi connectivity index (χ0v) is 14.2. The lowest BCUT2D eigenvalue weighted by atomic mass is 10.3. The van der Waals surface area contributed by atoms with E-state index in [1.54, 1.807) is 11.3 Å². The Morgan fingerprint density at radius 1 is 1.38 bits per heavy atom. The highest BCUT2D eigenvalue weighted by Crippen LogP contribution is 2.32. The zero-order valence-electron chi connectivity index (χ0n) is 12.6. The summed E-state index contributed by atoms with van der Waals surface area (Å²) in [6, 6.07) is 0. The van der Waals surface area contributed by atoms with Crippen LogP contribution in [0.3, 0.4) is 0 Å². The number of aryl methyl sites for hydroxylation is 1. The maximum atomic E-state index is 12.1. The minimum absolute atomic E-state index is 0.324. The van der Waals surface area contributed by atoms with E-state index in [1.165, 1.54) is 18.6 Å². The highest BCUT2D eigenvalue weighted by molar-refractivity contribution is 7.99. The second kappa shape index (κ2) is 7.11. The number of aromatic nitrogens is 1. The lowest BCUT2D eigenvalue weighted by Gasteiger charge is -2.34. The number of thiazole rings is 1. The molecule has 0 bridgehead atoms. The molecule has 1 saturated carbocycles. The van der Waals surface area contributed by atoms with Crippen LogP contribution < -0.4 is 0 Å². The third kappa shape index (κ3) is 4.69. The lowest BCUT2D eigenvalue weighted by Crippen LogP contribution is -2.48. The molecule has 0 unspecified atom stereocenters. The van der Waals surface area contributed by atoms with Crippen LogP contribution in [-0.2, 0) is 11.3 Å². The Morgan fingerprint density at radius 3 is 2.76 bits per heavy atom. The van der Waals surface area contributed by atoms with Crippen molar-refractivity contribution in [2.75, 3.05) is 37.7 Å². The Kier molecular flexibility index (Phi) is 5.19. The molecule has 1 aliphatic heterocycles. The van der Waals surface area contributed by atoms with Gasteiger partial charge in [0.1, 0.15) is 0 Å². The standard InChI is InChI=1S/C15H23N3OS2/c1-12-16-14(10-21-12)8-17-4-6-18(7-5-17)15(19)11-20-9-13-2-3-13/h10,13H,2-9,11H2,1H3. The highest BCUT2D eigenvalue weighted by atomic mass is 32.2. The second-order valence-corrected chi connectivity index (χ2v) is 8.07. The first-order valence-electron chi connectivity index (χ1n) is 7.69.